The number of rotatable bonds is 3. The number of ether oxygens (including phenoxy) is 1. The highest BCUT2D eigenvalue weighted by Gasteiger charge is 2.21. The number of amides is 2. The molecule has 1 aromatic heterocycles. The Labute approximate surface area is 150 Å². The molecule has 1 aromatic carbocycles. The van der Waals surface area contributed by atoms with Crippen molar-refractivity contribution in [3.63, 3.8) is 0 Å². The van der Waals surface area contributed by atoms with E-state index < -0.39 is 0 Å². The van der Waals surface area contributed by atoms with Crippen LogP contribution >= 0.6 is 11.8 Å². The fraction of sp³-hybridized carbons (Fsp3) is 0.278. The summed E-state index contributed by atoms with van der Waals surface area (Å²) in [4.78, 5) is 30.1. The predicted molar refractivity (Wildman–Crippen MR) is 96.9 cm³/mol. The number of methoxy groups -OCH3 is 1. The number of pyridine rings is 1. The molecule has 6 nitrogen and oxygen atoms in total. The minimum Gasteiger partial charge on any atom is -0.453 e. The van der Waals surface area contributed by atoms with Crippen molar-refractivity contribution in [2.75, 3.05) is 25.2 Å². The Kier molecular flexibility index (Phi) is 5.23. The normalized spacial score (nSPS) is 13.1. The van der Waals surface area contributed by atoms with E-state index >= 15 is 0 Å². The smallest absolute Gasteiger partial charge is 0.409 e. The molecule has 0 radical (unpaired) electrons. The third-order valence-electron chi connectivity index (χ3n) is 4.12. The monoisotopic (exact) mass is 357 g/mol. The minimum absolute atomic E-state index is 0.196. The van der Waals surface area contributed by atoms with Gasteiger partial charge in [-0.2, -0.15) is 0 Å². The summed E-state index contributed by atoms with van der Waals surface area (Å²) in [5.41, 5.74) is 3.45. The highest BCUT2D eigenvalue weighted by Crippen LogP contribution is 2.24. The Morgan fingerprint density at radius 1 is 1.28 bits per heavy atom. The molecule has 0 unspecified atom stereocenters. The van der Waals surface area contributed by atoms with Crippen molar-refractivity contribution in [2.45, 2.75) is 18.0 Å². The first kappa shape index (κ1) is 17.3. The van der Waals surface area contributed by atoms with E-state index in [2.05, 4.69) is 10.3 Å². The minimum atomic E-state index is -0.333. The molecule has 0 bridgehead atoms. The second kappa shape index (κ2) is 7.57. The maximum atomic E-state index is 12.5. The largest absolute Gasteiger partial charge is 0.453 e. The van der Waals surface area contributed by atoms with E-state index in [4.69, 9.17) is 4.74 Å². The topological polar surface area (TPSA) is 71.5 Å². The Morgan fingerprint density at radius 3 is 2.88 bits per heavy atom. The van der Waals surface area contributed by atoms with Gasteiger partial charge >= 0.3 is 6.09 Å². The number of anilines is 1. The second-order valence-corrected chi connectivity index (χ2v) is 6.43. The zero-order valence-corrected chi connectivity index (χ0v) is 14.9. The van der Waals surface area contributed by atoms with Crippen molar-refractivity contribution in [2.24, 2.45) is 0 Å². The molecule has 1 aliphatic heterocycles. The van der Waals surface area contributed by atoms with Crippen LogP contribution in [-0.4, -0.2) is 41.8 Å². The maximum Gasteiger partial charge on any atom is 0.409 e. The summed E-state index contributed by atoms with van der Waals surface area (Å²) in [5, 5.41) is 3.60. The van der Waals surface area contributed by atoms with Crippen LogP contribution in [0, 0.1) is 0 Å². The van der Waals surface area contributed by atoms with E-state index in [0.29, 0.717) is 29.4 Å². The van der Waals surface area contributed by atoms with Gasteiger partial charge in [0.05, 0.1) is 12.7 Å². The van der Waals surface area contributed by atoms with Crippen LogP contribution in [0.1, 0.15) is 21.5 Å². The molecule has 0 saturated carbocycles. The van der Waals surface area contributed by atoms with E-state index in [9.17, 15) is 9.59 Å². The van der Waals surface area contributed by atoms with Gasteiger partial charge in [0.1, 0.15) is 5.03 Å². The van der Waals surface area contributed by atoms with Gasteiger partial charge in [-0.05, 0) is 48.1 Å². The van der Waals surface area contributed by atoms with E-state index in [0.717, 1.165) is 12.0 Å². The first-order valence-corrected chi connectivity index (χ1v) is 9.10. The molecule has 7 heteroatoms. The Morgan fingerprint density at radius 2 is 2.12 bits per heavy atom. The molecule has 25 heavy (non-hydrogen) atoms. The standard InChI is InChI=1S/C18H19N3O3S/c1-24-18(23)21-9-7-12-5-6-14(10-13(12)11-21)20-16(22)15-4-3-8-19-17(15)25-2/h3-6,8,10H,7,9,11H2,1-2H3,(H,20,22). The van der Waals surface area contributed by atoms with Crippen molar-refractivity contribution >= 4 is 29.4 Å². The lowest BCUT2D eigenvalue weighted by Crippen LogP contribution is -2.35. The van der Waals surface area contributed by atoms with Crippen molar-refractivity contribution in [3.8, 4) is 0 Å². The highest BCUT2D eigenvalue weighted by atomic mass is 32.2. The Hall–Kier alpha value is -2.54. The molecular formula is C18H19N3O3S. The molecular weight excluding hydrogens is 338 g/mol. The molecule has 1 N–H and O–H groups in total. The molecule has 0 atom stereocenters. The highest BCUT2D eigenvalue weighted by molar-refractivity contribution is 7.98. The van der Waals surface area contributed by atoms with Crippen molar-refractivity contribution in [3.05, 3.63) is 53.2 Å². The first-order chi connectivity index (χ1) is 12.1. The third kappa shape index (κ3) is 3.76. The summed E-state index contributed by atoms with van der Waals surface area (Å²) in [7, 11) is 1.38. The predicted octanol–water partition coefficient (Wildman–Crippen LogP) is 3.18. The van der Waals surface area contributed by atoms with Gasteiger partial charge in [-0.3, -0.25) is 4.79 Å². The number of carbonyl (C=O) groups excluding carboxylic acids is 2. The van der Waals surface area contributed by atoms with Crippen LogP contribution in [0.2, 0.25) is 0 Å². The van der Waals surface area contributed by atoms with Gasteiger partial charge in [0.15, 0.2) is 0 Å². The Bertz CT molecular complexity index is 810. The van der Waals surface area contributed by atoms with Crippen LogP contribution in [-0.2, 0) is 17.7 Å². The zero-order valence-electron chi connectivity index (χ0n) is 14.1. The fourth-order valence-electron chi connectivity index (χ4n) is 2.84. The summed E-state index contributed by atoms with van der Waals surface area (Å²) in [6, 6.07) is 9.30. The molecule has 0 spiro atoms. The number of fused-ring (bicyclic) bond motifs is 1. The summed E-state index contributed by atoms with van der Waals surface area (Å²) in [5.74, 6) is -0.196. The lowest BCUT2D eigenvalue weighted by Gasteiger charge is -2.28. The third-order valence-corrected chi connectivity index (χ3v) is 4.83. The van der Waals surface area contributed by atoms with Gasteiger partial charge < -0.3 is 15.0 Å². The number of thioether (sulfide) groups is 1. The molecule has 2 heterocycles. The van der Waals surface area contributed by atoms with Crippen LogP contribution < -0.4 is 5.32 Å². The summed E-state index contributed by atoms with van der Waals surface area (Å²) >= 11 is 1.43. The lowest BCUT2D eigenvalue weighted by molar-refractivity contribution is 0.102. The quantitative estimate of drug-likeness (QED) is 0.854. The molecule has 3 rings (SSSR count). The number of benzene rings is 1. The van der Waals surface area contributed by atoms with Crippen LogP contribution in [0.5, 0.6) is 0 Å². The Balaban J connectivity index is 1.78. The average Bonchev–Trinajstić information content (AvgIpc) is 2.66. The lowest BCUT2D eigenvalue weighted by atomic mass is 9.99. The zero-order chi connectivity index (χ0) is 17.8. The van der Waals surface area contributed by atoms with Crippen LogP contribution in [0.3, 0.4) is 0 Å². The van der Waals surface area contributed by atoms with Crippen molar-refractivity contribution < 1.29 is 14.3 Å². The molecule has 0 saturated heterocycles. The summed E-state index contributed by atoms with van der Waals surface area (Å²) in [6.45, 7) is 1.12. The van der Waals surface area contributed by atoms with Crippen molar-refractivity contribution in [1.29, 1.82) is 0 Å². The number of aromatic nitrogens is 1. The molecule has 2 amide bonds. The second-order valence-electron chi connectivity index (χ2n) is 5.64. The van der Waals surface area contributed by atoms with Gasteiger partial charge in [-0.25, -0.2) is 9.78 Å². The van der Waals surface area contributed by atoms with Gasteiger partial charge in [0.25, 0.3) is 5.91 Å². The number of nitrogens with one attached hydrogen (secondary N) is 1. The number of hydrogen-bond donors (Lipinski definition) is 1. The maximum absolute atomic E-state index is 12.5. The number of nitrogens with zero attached hydrogens (tertiary/aromatic N) is 2. The molecule has 0 aliphatic carbocycles. The molecule has 0 fully saturated rings. The van der Waals surface area contributed by atoms with Gasteiger partial charge in [-0.15, -0.1) is 11.8 Å². The van der Waals surface area contributed by atoms with E-state index in [1.807, 2.05) is 24.5 Å². The average molecular weight is 357 g/mol. The van der Waals surface area contributed by atoms with Crippen molar-refractivity contribution in [1.82, 2.24) is 9.88 Å². The van der Waals surface area contributed by atoms with E-state index in [1.54, 1.807) is 23.2 Å². The SMILES string of the molecule is COC(=O)N1CCc2ccc(NC(=O)c3cccnc3SC)cc2C1. The van der Waals surface area contributed by atoms with E-state index in [1.165, 1.54) is 24.4 Å². The fourth-order valence-corrected chi connectivity index (χ4v) is 3.39. The summed E-state index contributed by atoms with van der Waals surface area (Å²) < 4.78 is 4.79. The number of carbonyl (C=O) groups is 2. The molecule has 130 valence electrons. The van der Waals surface area contributed by atoms with Crippen LogP contribution in [0.25, 0.3) is 0 Å². The number of hydrogen-bond acceptors (Lipinski definition) is 5. The van der Waals surface area contributed by atoms with Gasteiger partial charge in [0.2, 0.25) is 0 Å². The van der Waals surface area contributed by atoms with Gasteiger partial charge in [-0.1, -0.05) is 6.07 Å². The van der Waals surface area contributed by atoms with Crippen LogP contribution in [0.4, 0.5) is 10.5 Å². The molecule has 1 aliphatic rings. The van der Waals surface area contributed by atoms with Crippen LogP contribution in [0.15, 0.2) is 41.6 Å². The summed E-state index contributed by atoms with van der Waals surface area (Å²) in [6.07, 6.45) is 4.00. The first-order valence-electron chi connectivity index (χ1n) is 7.87. The van der Waals surface area contributed by atoms with E-state index in [-0.39, 0.29) is 12.0 Å². The molecule has 2 aromatic rings. The van der Waals surface area contributed by atoms with Gasteiger partial charge in [0, 0.05) is 25.0 Å².